The van der Waals surface area contributed by atoms with Crippen molar-refractivity contribution in [1.29, 1.82) is 0 Å². The van der Waals surface area contributed by atoms with Gasteiger partial charge in [-0.1, -0.05) is 0 Å². The molecule has 1 aliphatic heterocycles. The summed E-state index contributed by atoms with van der Waals surface area (Å²) >= 11 is 0. The molecule has 1 aliphatic rings. The zero-order valence-electron chi connectivity index (χ0n) is 15.5. The molecule has 150 valence electrons. The maximum atomic E-state index is 12.5. The quantitative estimate of drug-likeness (QED) is 0.621. The zero-order valence-corrected chi connectivity index (χ0v) is 15.5. The Labute approximate surface area is 157 Å². The number of benzene rings is 1. The standard InChI is InChI=1S/C19H26F3N3O2/c1-14-5-2-3-11-25(14)12-4-10-23-17(26)13-24-18(27)15-6-8-16(9-7-15)19(20,21)22/h6-9,14H,2-5,10-13H2,1H3,(H,23,26)(H,24,27)/p+1/t14-/m1/s1. The largest absolute Gasteiger partial charge is 0.416 e. The molecule has 0 aromatic heterocycles. The molecule has 0 radical (unpaired) electrons. The molecule has 0 bridgehead atoms. The fourth-order valence-corrected chi connectivity index (χ4v) is 3.30. The van der Waals surface area contributed by atoms with Gasteiger partial charge in [0, 0.05) is 18.5 Å². The van der Waals surface area contributed by atoms with Crippen molar-refractivity contribution in [2.24, 2.45) is 0 Å². The van der Waals surface area contributed by atoms with Gasteiger partial charge in [0.25, 0.3) is 5.91 Å². The molecule has 5 nitrogen and oxygen atoms in total. The number of carbonyl (C=O) groups excluding carboxylic acids is 2. The van der Waals surface area contributed by atoms with Crippen LogP contribution in [0.1, 0.15) is 48.5 Å². The summed E-state index contributed by atoms with van der Waals surface area (Å²) < 4.78 is 37.5. The first-order valence-corrected chi connectivity index (χ1v) is 9.34. The highest BCUT2D eigenvalue weighted by molar-refractivity contribution is 5.96. The molecule has 2 rings (SSSR count). The van der Waals surface area contributed by atoms with Crippen molar-refractivity contribution >= 4 is 11.8 Å². The second kappa shape index (κ2) is 9.73. The molecule has 27 heavy (non-hydrogen) atoms. The molecule has 0 spiro atoms. The zero-order chi connectivity index (χ0) is 19.9. The molecule has 1 fully saturated rings. The van der Waals surface area contributed by atoms with E-state index in [9.17, 15) is 22.8 Å². The molecule has 1 saturated heterocycles. The Balaban J connectivity index is 1.65. The number of carbonyl (C=O) groups is 2. The van der Waals surface area contributed by atoms with E-state index in [-0.39, 0.29) is 18.0 Å². The van der Waals surface area contributed by atoms with Gasteiger partial charge in [-0.25, -0.2) is 0 Å². The van der Waals surface area contributed by atoms with Crippen molar-refractivity contribution < 1.29 is 27.7 Å². The Morgan fingerprint density at radius 1 is 1.15 bits per heavy atom. The van der Waals surface area contributed by atoms with Gasteiger partial charge in [-0.3, -0.25) is 9.59 Å². The summed E-state index contributed by atoms with van der Waals surface area (Å²) in [6, 6.07) is 4.55. The van der Waals surface area contributed by atoms with E-state index in [1.807, 2.05) is 0 Å². The van der Waals surface area contributed by atoms with Crippen LogP contribution in [0.4, 0.5) is 13.2 Å². The second-order valence-electron chi connectivity index (χ2n) is 7.02. The van der Waals surface area contributed by atoms with Crippen LogP contribution in [0.3, 0.4) is 0 Å². The maximum absolute atomic E-state index is 12.5. The SMILES string of the molecule is C[C@@H]1CCCC[NH+]1CCCNC(=O)CNC(=O)c1ccc(C(F)(F)F)cc1. The summed E-state index contributed by atoms with van der Waals surface area (Å²) in [5.41, 5.74) is -0.736. The number of piperidine rings is 1. The number of alkyl halides is 3. The van der Waals surface area contributed by atoms with Gasteiger partial charge in [0.15, 0.2) is 0 Å². The molecule has 1 aromatic rings. The van der Waals surface area contributed by atoms with Gasteiger partial charge >= 0.3 is 6.18 Å². The monoisotopic (exact) mass is 386 g/mol. The maximum Gasteiger partial charge on any atom is 0.416 e. The van der Waals surface area contributed by atoms with Crippen LogP contribution in [0.2, 0.25) is 0 Å². The van der Waals surface area contributed by atoms with E-state index in [1.165, 1.54) is 25.8 Å². The minimum atomic E-state index is -4.44. The Morgan fingerprint density at radius 2 is 1.85 bits per heavy atom. The first kappa shape index (κ1) is 21.2. The average molecular weight is 386 g/mol. The van der Waals surface area contributed by atoms with Gasteiger partial charge in [-0.05, 0) is 50.5 Å². The molecule has 0 saturated carbocycles. The minimum Gasteiger partial charge on any atom is -0.354 e. The molecule has 1 heterocycles. The lowest BCUT2D eigenvalue weighted by Gasteiger charge is -2.30. The summed E-state index contributed by atoms with van der Waals surface area (Å²) in [6.45, 7) is 4.79. The van der Waals surface area contributed by atoms with Gasteiger partial charge in [-0.2, -0.15) is 13.2 Å². The third-order valence-corrected chi connectivity index (χ3v) is 4.96. The Hall–Kier alpha value is -2.09. The topological polar surface area (TPSA) is 62.6 Å². The molecular weight excluding hydrogens is 359 g/mol. The van der Waals surface area contributed by atoms with Crippen molar-refractivity contribution in [3.05, 3.63) is 35.4 Å². The fraction of sp³-hybridized carbons (Fsp3) is 0.579. The highest BCUT2D eigenvalue weighted by atomic mass is 19.4. The van der Waals surface area contributed by atoms with Crippen LogP contribution < -0.4 is 15.5 Å². The molecular formula is C19H27F3N3O2+. The van der Waals surface area contributed by atoms with Crippen LogP contribution in [-0.4, -0.2) is 44.0 Å². The Bertz CT molecular complexity index is 632. The lowest BCUT2D eigenvalue weighted by molar-refractivity contribution is -0.928. The van der Waals surface area contributed by atoms with E-state index in [0.717, 1.165) is 37.2 Å². The van der Waals surface area contributed by atoms with Crippen molar-refractivity contribution in [3.8, 4) is 0 Å². The van der Waals surface area contributed by atoms with Gasteiger partial charge < -0.3 is 15.5 Å². The lowest BCUT2D eigenvalue weighted by atomic mass is 10.0. The van der Waals surface area contributed by atoms with E-state index in [0.29, 0.717) is 12.6 Å². The Morgan fingerprint density at radius 3 is 2.48 bits per heavy atom. The summed E-state index contributed by atoms with van der Waals surface area (Å²) in [4.78, 5) is 25.3. The highest BCUT2D eigenvalue weighted by Crippen LogP contribution is 2.29. The number of rotatable bonds is 7. The lowest BCUT2D eigenvalue weighted by Crippen LogP contribution is -3.16. The molecule has 1 unspecified atom stereocenters. The van der Waals surface area contributed by atoms with Gasteiger partial charge in [-0.15, -0.1) is 0 Å². The van der Waals surface area contributed by atoms with Gasteiger partial charge in [0.2, 0.25) is 5.91 Å². The number of quaternary nitrogens is 1. The molecule has 1 aromatic carbocycles. The van der Waals surface area contributed by atoms with E-state index >= 15 is 0 Å². The number of likely N-dealkylation sites (tertiary alicyclic amines) is 1. The highest BCUT2D eigenvalue weighted by Gasteiger charge is 2.30. The molecule has 2 atom stereocenters. The number of amides is 2. The van der Waals surface area contributed by atoms with Crippen LogP contribution in [0.15, 0.2) is 24.3 Å². The van der Waals surface area contributed by atoms with Crippen LogP contribution in [0, 0.1) is 0 Å². The van der Waals surface area contributed by atoms with Crippen LogP contribution in [-0.2, 0) is 11.0 Å². The summed E-state index contributed by atoms with van der Waals surface area (Å²) in [6.07, 6.45) is 0.223. The number of nitrogens with one attached hydrogen (secondary N) is 3. The van der Waals surface area contributed by atoms with E-state index in [1.54, 1.807) is 4.90 Å². The molecule has 8 heteroatoms. The fourth-order valence-electron chi connectivity index (χ4n) is 3.30. The average Bonchev–Trinajstić information content (AvgIpc) is 2.64. The molecule has 2 amide bonds. The van der Waals surface area contributed by atoms with Gasteiger partial charge in [0.05, 0.1) is 31.2 Å². The third kappa shape index (κ3) is 6.86. The second-order valence-corrected chi connectivity index (χ2v) is 7.02. The van der Waals surface area contributed by atoms with Crippen molar-refractivity contribution in [3.63, 3.8) is 0 Å². The van der Waals surface area contributed by atoms with Crippen molar-refractivity contribution in [1.82, 2.24) is 10.6 Å². The van der Waals surface area contributed by atoms with E-state index in [2.05, 4.69) is 17.6 Å². The molecule has 0 aliphatic carbocycles. The first-order valence-electron chi connectivity index (χ1n) is 9.34. The summed E-state index contributed by atoms with van der Waals surface area (Å²) in [7, 11) is 0. The smallest absolute Gasteiger partial charge is 0.354 e. The third-order valence-electron chi connectivity index (χ3n) is 4.96. The minimum absolute atomic E-state index is 0.0819. The first-order chi connectivity index (χ1) is 12.8. The van der Waals surface area contributed by atoms with Crippen molar-refractivity contribution in [2.45, 2.75) is 44.8 Å². The number of hydrogen-bond donors (Lipinski definition) is 3. The van der Waals surface area contributed by atoms with Crippen molar-refractivity contribution in [2.75, 3.05) is 26.2 Å². The van der Waals surface area contributed by atoms with Gasteiger partial charge in [0.1, 0.15) is 0 Å². The predicted molar refractivity (Wildman–Crippen MR) is 95.4 cm³/mol. The van der Waals surface area contributed by atoms with Crippen LogP contribution in [0.25, 0.3) is 0 Å². The molecule has 3 N–H and O–H groups in total. The normalized spacial score (nSPS) is 20.1. The van der Waals surface area contributed by atoms with Crippen LogP contribution in [0.5, 0.6) is 0 Å². The number of hydrogen-bond acceptors (Lipinski definition) is 2. The summed E-state index contributed by atoms with van der Waals surface area (Å²) in [5, 5.41) is 5.17. The summed E-state index contributed by atoms with van der Waals surface area (Å²) in [5.74, 6) is -0.887. The predicted octanol–water partition coefficient (Wildman–Crippen LogP) is 1.40. The van der Waals surface area contributed by atoms with Crippen LogP contribution >= 0.6 is 0 Å². The Kier molecular flexibility index (Phi) is 7.65. The van der Waals surface area contributed by atoms with E-state index in [4.69, 9.17) is 0 Å². The number of halogens is 3. The van der Waals surface area contributed by atoms with E-state index < -0.39 is 17.6 Å².